The van der Waals surface area contributed by atoms with Crippen LogP contribution < -0.4 is 5.73 Å². The van der Waals surface area contributed by atoms with E-state index >= 15 is 0 Å². The number of hydrogen-bond donors (Lipinski definition) is 1. The van der Waals surface area contributed by atoms with Gasteiger partial charge < -0.3 is 5.73 Å². The molecule has 5 heteroatoms. The van der Waals surface area contributed by atoms with Gasteiger partial charge in [-0.1, -0.05) is 11.6 Å². The lowest BCUT2D eigenvalue weighted by atomic mass is 10.0. The fourth-order valence-corrected chi connectivity index (χ4v) is 1.92. The minimum Gasteiger partial charge on any atom is -0.325 e. The summed E-state index contributed by atoms with van der Waals surface area (Å²) in [4.78, 5) is 0. The van der Waals surface area contributed by atoms with Crippen LogP contribution in [-0.2, 0) is 12.6 Å². The van der Waals surface area contributed by atoms with Gasteiger partial charge in [0.2, 0.25) is 0 Å². The van der Waals surface area contributed by atoms with Gasteiger partial charge in [0.05, 0.1) is 5.56 Å². The maximum absolute atomic E-state index is 12.5. The predicted molar refractivity (Wildman–Crippen MR) is 56.3 cm³/mol. The highest BCUT2D eigenvalue weighted by Crippen LogP contribution is 2.38. The lowest BCUT2D eigenvalue weighted by molar-refractivity contribution is -0.137. The third kappa shape index (κ3) is 2.68. The molecule has 0 spiro atoms. The van der Waals surface area contributed by atoms with E-state index in [1.807, 2.05) is 0 Å². The zero-order valence-electron chi connectivity index (χ0n) is 8.44. The molecular weight excluding hydrogens is 239 g/mol. The Balaban J connectivity index is 2.29. The Morgan fingerprint density at radius 2 is 1.88 bits per heavy atom. The maximum Gasteiger partial charge on any atom is 0.416 e. The third-order valence-corrected chi connectivity index (χ3v) is 2.95. The van der Waals surface area contributed by atoms with E-state index in [-0.39, 0.29) is 10.6 Å². The van der Waals surface area contributed by atoms with Crippen molar-refractivity contribution in [2.75, 3.05) is 0 Å². The molecule has 1 saturated carbocycles. The van der Waals surface area contributed by atoms with Crippen LogP contribution in [0.4, 0.5) is 13.2 Å². The zero-order chi connectivity index (χ0) is 12.0. The second-order valence-electron chi connectivity index (χ2n) is 4.39. The second kappa shape index (κ2) is 3.64. The molecule has 0 bridgehead atoms. The first-order chi connectivity index (χ1) is 7.28. The molecule has 1 aromatic rings. The van der Waals surface area contributed by atoms with E-state index in [2.05, 4.69) is 0 Å². The molecule has 0 unspecified atom stereocenters. The first-order valence-electron chi connectivity index (χ1n) is 4.94. The van der Waals surface area contributed by atoms with Crippen LogP contribution in [-0.4, -0.2) is 5.54 Å². The second-order valence-corrected chi connectivity index (χ2v) is 4.82. The zero-order valence-corrected chi connectivity index (χ0v) is 9.20. The number of benzene rings is 1. The van der Waals surface area contributed by atoms with E-state index in [1.165, 1.54) is 0 Å². The van der Waals surface area contributed by atoms with Crippen molar-refractivity contribution in [2.24, 2.45) is 5.73 Å². The van der Waals surface area contributed by atoms with E-state index in [0.717, 1.165) is 25.0 Å². The van der Waals surface area contributed by atoms with Crippen LogP contribution in [0.3, 0.4) is 0 Å². The lowest BCUT2D eigenvalue weighted by Gasteiger charge is -2.12. The van der Waals surface area contributed by atoms with Crippen LogP contribution in [0.15, 0.2) is 18.2 Å². The van der Waals surface area contributed by atoms with E-state index < -0.39 is 11.7 Å². The predicted octanol–water partition coefficient (Wildman–Crippen LogP) is 3.39. The highest BCUT2D eigenvalue weighted by atomic mass is 35.5. The number of nitrogens with two attached hydrogens (primary N) is 1. The molecule has 1 aliphatic carbocycles. The number of halogens is 4. The van der Waals surface area contributed by atoms with Gasteiger partial charge in [0.15, 0.2) is 0 Å². The molecule has 16 heavy (non-hydrogen) atoms. The Hall–Kier alpha value is -0.740. The van der Waals surface area contributed by atoms with Crippen LogP contribution in [0.2, 0.25) is 5.02 Å². The normalized spacial score (nSPS) is 18.6. The first-order valence-corrected chi connectivity index (χ1v) is 5.32. The topological polar surface area (TPSA) is 26.0 Å². The molecule has 1 fully saturated rings. The van der Waals surface area contributed by atoms with Crippen LogP contribution in [0.5, 0.6) is 0 Å². The van der Waals surface area contributed by atoms with Gasteiger partial charge in [0.25, 0.3) is 0 Å². The SMILES string of the molecule is NC1(Cc2cc(Cl)cc(C(F)(F)F)c2)CC1. The summed E-state index contributed by atoms with van der Waals surface area (Å²) < 4.78 is 37.5. The van der Waals surface area contributed by atoms with Crippen molar-refractivity contribution in [1.82, 2.24) is 0 Å². The average Bonchev–Trinajstić information content (AvgIpc) is 2.80. The van der Waals surface area contributed by atoms with Crippen LogP contribution >= 0.6 is 11.6 Å². The van der Waals surface area contributed by atoms with E-state index in [1.54, 1.807) is 6.07 Å². The molecule has 88 valence electrons. The van der Waals surface area contributed by atoms with Gasteiger partial charge >= 0.3 is 6.18 Å². The number of hydrogen-bond acceptors (Lipinski definition) is 1. The molecule has 2 rings (SSSR count). The molecule has 0 atom stereocenters. The Morgan fingerprint density at radius 3 is 2.38 bits per heavy atom. The summed E-state index contributed by atoms with van der Waals surface area (Å²) in [6.07, 6.45) is -2.18. The summed E-state index contributed by atoms with van der Waals surface area (Å²) in [5.74, 6) is 0. The molecule has 0 radical (unpaired) electrons. The third-order valence-electron chi connectivity index (χ3n) is 2.73. The summed E-state index contributed by atoms with van der Waals surface area (Å²) in [6, 6.07) is 3.60. The van der Waals surface area contributed by atoms with Gasteiger partial charge in [-0.3, -0.25) is 0 Å². The first kappa shape index (κ1) is 11.7. The van der Waals surface area contributed by atoms with Crippen molar-refractivity contribution in [3.05, 3.63) is 34.3 Å². The van der Waals surface area contributed by atoms with Gasteiger partial charge in [-0.05, 0) is 43.0 Å². The van der Waals surface area contributed by atoms with Crippen molar-refractivity contribution in [2.45, 2.75) is 31.0 Å². The summed E-state index contributed by atoms with van der Waals surface area (Å²) in [5, 5.41) is 0.106. The molecule has 0 aliphatic heterocycles. The van der Waals surface area contributed by atoms with E-state index in [0.29, 0.717) is 12.0 Å². The summed E-state index contributed by atoms with van der Waals surface area (Å²) in [6.45, 7) is 0. The minimum atomic E-state index is -4.36. The van der Waals surface area contributed by atoms with Crippen molar-refractivity contribution in [3.8, 4) is 0 Å². The lowest BCUT2D eigenvalue weighted by Crippen LogP contribution is -2.24. The molecule has 2 N–H and O–H groups in total. The van der Waals surface area contributed by atoms with Gasteiger partial charge in [-0.25, -0.2) is 0 Å². The fourth-order valence-electron chi connectivity index (χ4n) is 1.66. The van der Waals surface area contributed by atoms with Crippen molar-refractivity contribution < 1.29 is 13.2 Å². The summed E-state index contributed by atoms with van der Waals surface area (Å²) >= 11 is 5.66. The molecule has 1 aliphatic rings. The Kier molecular flexibility index (Phi) is 2.67. The Bertz CT molecular complexity index is 410. The van der Waals surface area contributed by atoms with Crippen molar-refractivity contribution in [1.29, 1.82) is 0 Å². The molecular formula is C11H11ClF3N. The van der Waals surface area contributed by atoms with Gasteiger partial charge in [-0.15, -0.1) is 0 Å². The van der Waals surface area contributed by atoms with Crippen LogP contribution in [0.25, 0.3) is 0 Å². The van der Waals surface area contributed by atoms with E-state index in [9.17, 15) is 13.2 Å². The van der Waals surface area contributed by atoms with Gasteiger partial charge in [0.1, 0.15) is 0 Å². The summed E-state index contributed by atoms with van der Waals surface area (Å²) in [5.41, 5.74) is 5.40. The Morgan fingerprint density at radius 1 is 1.25 bits per heavy atom. The smallest absolute Gasteiger partial charge is 0.325 e. The molecule has 0 heterocycles. The maximum atomic E-state index is 12.5. The number of alkyl halides is 3. The molecule has 1 aromatic carbocycles. The highest BCUT2D eigenvalue weighted by Gasteiger charge is 2.39. The van der Waals surface area contributed by atoms with Crippen molar-refractivity contribution in [3.63, 3.8) is 0 Å². The molecule has 0 aromatic heterocycles. The largest absolute Gasteiger partial charge is 0.416 e. The average molecular weight is 250 g/mol. The fraction of sp³-hybridized carbons (Fsp3) is 0.455. The van der Waals surface area contributed by atoms with Crippen LogP contribution in [0.1, 0.15) is 24.0 Å². The van der Waals surface area contributed by atoms with Crippen LogP contribution in [0, 0.1) is 0 Å². The molecule has 1 nitrogen and oxygen atoms in total. The molecule has 0 saturated heterocycles. The molecule has 0 amide bonds. The quantitative estimate of drug-likeness (QED) is 0.854. The number of rotatable bonds is 2. The van der Waals surface area contributed by atoms with Gasteiger partial charge in [0, 0.05) is 10.6 Å². The van der Waals surface area contributed by atoms with Gasteiger partial charge in [-0.2, -0.15) is 13.2 Å². The standard InChI is InChI=1S/C11H11ClF3N/c12-9-4-7(6-10(16)1-2-10)3-8(5-9)11(13,14)15/h3-5H,1-2,6,16H2. The monoisotopic (exact) mass is 249 g/mol. The van der Waals surface area contributed by atoms with E-state index in [4.69, 9.17) is 17.3 Å². The summed E-state index contributed by atoms with van der Waals surface area (Å²) in [7, 11) is 0. The van der Waals surface area contributed by atoms with Crippen molar-refractivity contribution >= 4 is 11.6 Å². The highest BCUT2D eigenvalue weighted by molar-refractivity contribution is 6.30. The minimum absolute atomic E-state index is 0.106. The Labute approximate surface area is 96.4 Å².